The van der Waals surface area contributed by atoms with Crippen molar-refractivity contribution < 1.29 is 4.39 Å². The molecule has 0 amide bonds. The summed E-state index contributed by atoms with van der Waals surface area (Å²) >= 11 is 12.2. The van der Waals surface area contributed by atoms with Gasteiger partial charge in [0.1, 0.15) is 5.82 Å². The van der Waals surface area contributed by atoms with Crippen molar-refractivity contribution in [1.29, 1.82) is 0 Å². The first-order chi connectivity index (χ1) is 9.55. The number of benzene rings is 2. The van der Waals surface area contributed by atoms with E-state index in [1.165, 1.54) is 12.1 Å². The van der Waals surface area contributed by atoms with Crippen molar-refractivity contribution in [2.45, 2.75) is 19.0 Å². The number of rotatable bonds is 5. The molecular formula is C16H16Cl2FN. The van der Waals surface area contributed by atoms with E-state index in [2.05, 4.69) is 5.32 Å². The molecule has 20 heavy (non-hydrogen) atoms. The van der Waals surface area contributed by atoms with Crippen LogP contribution in [0.25, 0.3) is 0 Å². The Balaban J connectivity index is 2.17. The molecule has 0 saturated heterocycles. The van der Waals surface area contributed by atoms with Gasteiger partial charge < -0.3 is 5.32 Å². The van der Waals surface area contributed by atoms with Crippen LogP contribution in [0.5, 0.6) is 0 Å². The maximum atomic E-state index is 13.3. The highest BCUT2D eigenvalue weighted by Crippen LogP contribution is 2.24. The first-order valence-electron chi connectivity index (χ1n) is 6.35. The minimum atomic E-state index is -0.390. The molecule has 0 saturated carbocycles. The fourth-order valence-electron chi connectivity index (χ4n) is 2.00. The van der Waals surface area contributed by atoms with Crippen molar-refractivity contribution in [3.63, 3.8) is 0 Å². The Bertz CT molecular complexity index is 574. The predicted octanol–water partition coefficient (Wildman–Crippen LogP) is 4.72. The van der Waals surface area contributed by atoms with Gasteiger partial charge in [-0.3, -0.25) is 0 Å². The third kappa shape index (κ3) is 3.51. The van der Waals surface area contributed by atoms with Crippen molar-refractivity contribution >= 4 is 23.2 Å². The van der Waals surface area contributed by atoms with Crippen molar-refractivity contribution in [2.24, 2.45) is 0 Å². The van der Waals surface area contributed by atoms with Crippen LogP contribution in [0.3, 0.4) is 0 Å². The second-order valence-electron chi connectivity index (χ2n) is 4.92. The quantitative estimate of drug-likeness (QED) is 0.788. The molecule has 0 aliphatic carbocycles. The monoisotopic (exact) mass is 311 g/mol. The molecule has 0 aliphatic heterocycles. The Hall–Kier alpha value is -1.09. The lowest BCUT2D eigenvalue weighted by molar-refractivity contribution is 0.406. The molecule has 1 atom stereocenters. The van der Waals surface area contributed by atoms with Crippen LogP contribution >= 0.6 is 23.2 Å². The standard InChI is InChI=1S/C16H16Cl2FN/c1-16(11-17,13-5-3-2-4-6-13)20-10-12-9-14(19)7-8-15(12)18/h2-9,20H,10-11H2,1H3. The Labute approximate surface area is 128 Å². The Morgan fingerprint density at radius 3 is 2.50 bits per heavy atom. The van der Waals surface area contributed by atoms with Crippen molar-refractivity contribution in [3.05, 3.63) is 70.5 Å². The average molecular weight is 312 g/mol. The van der Waals surface area contributed by atoms with Crippen molar-refractivity contribution in [1.82, 2.24) is 5.32 Å². The van der Waals surface area contributed by atoms with Gasteiger partial charge in [0.25, 0.3) is 0 Å². The highest BCUT2D eigenvalue weighted by atomic mass is 35.5. The molecular weight excluding hydrogens is 296 g/mol. The summed E-state index contributed by atoms with van der Waals surface area (Å²) in [5.74, 6) is 0.114. The number of hydrogen-bond donors (Lipinski definition) is 1. The third-order valence-corrected chi connectivity index (χ3v) is 4.26. The first kappa shape index (κ1) is 15.3. The zero-order chi connectivity index (χ0) is 14.6. The molecule has 2 aromatic carbocycles. The second kappa shape index (κ2) is 6.57. The molecule has 0 heterocycles. The molecule has 0 aromatic heterocycles. The normalized spacial score (nSPS) is 14.0. The van der Waals surface area contributed by atoms with Crippen molar-refractivity contribution in [2.75, 3.05) is 5.88 Å². The van der Waals surface area contributed by atoms with Gasteiger partial charge in [-0.05, 0) is 36.2 Å². The van der Waals surface area contributed by atoms with Gasteiger partial charge >= 0.3 is 0 Å². The summed E-state index contributed by atoms with van der Waals surface area (Å²) in [6.07, 6.45) is 0. The molecule has 0 fully saturated rings. The van der Waals surface area contributed by atoms with E-state index in [0.717, 1.165) is 11.1 Å². The van der Waals surface area contributed by atoms with Crippen LogP contribution in [0.15, 0.2) is 48.5 Å². The summed E-state index contributed by atoms with van der Waals surface area (Å²) in [7, 11) is 0. The molecule has 0 spiro atoms. The van der Waals surface area contributed by atoms with Gasteiger partial charge in [-0.1, -0.05) is 41.9 Å². The van der Waals surface area contributed by atoms with E-state index in [-0.39, 0.29) is 5.82 Å². The van der Waals surface area contributed by atoms with Gasteiger partial charge in [0.15, 0.2) is 0 Å². The Kier molecular flexibility index (Phi) is 5.03. The number of hydrogen-bond acceptors (Lipinski definition) is 1. The lowest BCUT2D eigenvalue weighted by Gasteiger charge is -2.29. The Morgan fingerprint density at radius 2 is 1.85 bits per heavy atom. The highest BCUT2D eigenvalue weighted by Gasteiger charge is 2.24. The lowest BCUT2D eigenvalue weighted by Crippen LogP contribution is -2.40. The summed E-state index contributed by atoms with van der Waals surface area (Å²) in [4.78, 5) is 0. The van der Waals surface area contributed by atoms with Crippen LogP contribution in [-0.2, 0) is 12.1 Å². The SMILES string of the molecule is CC(CCl)(NCc1cc(F)ccc1Cl)c1ccccc1. The molecule has 106 valence electrons. The molecule has 1 nitrogen and oxygen atoms in total. The van der Waals surface area contributed by atoms with Gasteiger partial charge in [-0.2, -0.15) is 0 Å². The molecule has 0 radical (unpaired) electrons. The van der Waals surface area contributed by atoms with E-state index < -0.39 is 5.54 Å². The number of alkyl halides is 1. The molecule has 1 N–H and O–H groups in total. The average Bonchev–Trinajstić information content (AvgIpc) is 2.49. The van der Waals surface area contributed by atoms with Crippen LogP contribution in [-0.4, -0.2) is 5.88 Å². The first-order valence-corrected chi connectivity index (χ1v) is 7.27. The molecule has 2 aromatic rings. The zero-order valence-electron chi connectivity index (χ0n) is 11.2. The second-order valence-corrected chi connectivity index (χ2v) is 5.60. The van der Waals surface area contributed by atoms with Gasteiger partial charge in [0, 0.05) is 17.4 Å². The molecule has 0 aliphatic rings. The van der Waals surface area contributed by atoms with Gasteiger partial charge in [-0.15, -0.1) is 11.6 Å². The minimum absolute atomic E-state index is 0.293. The summed E-state index contributed by atoms with van der Waals surface area (Å²) in [6.45, 7) is 2.47. The molecule has 1 unspecified atom stereocenters. The molecule has 2 rings (SSSR count). The van der Waals surface area contributed by atoms with Crippen LogP contribution in [0, 0.1) is 5.82 Å². The Morgan fingerprint density at radius 1 is 1.15 bits per heavy atom. The van der Waals surface area contributed by atoms with Gasteiger partial charge in [-0.25, -0.2) is 4.39 Å². The van der Waals surface area contributed by atoms with E-state index >= 15 is 0 Å². The summed E-state index contributed by atoms with van der Waals surface area (Å²) < 4.78 is 13.3. The predicted molar refractivity (Wildman–Crippen MR) is 82.8 cm³/mol. The summed E-state index contributed by atoms with van der Waals surface area (Å²) in [5, 5.41) is 3.91. The summed E-state index contributed by atoms with van der Waals surface area (Å²) in [6, 6.07) is 14.3. The van der Waals surface area contributed by atoms with E-state index in [1.54, 1.807) is 6.07 Å². The van der Waals surface area contributed by atoms with E-state index in [1.807, 2.05) is 37.3 Å². The minimum Gasteiger partial charge on any atom is -0.302 e. The summed E-state index contributed by atoms with van der Waals surface area (Å²) in [5.41, 5.74) is 1.42. The van der Waals surface area contributed by atoms with Crippen LogP contribution < -0.4 is 5.32 Å². The maximum absolute atomic E-state index is 13.3. The van der Waals surface area contributed by atoms with Crippen molar-refractivity contribution in [3.8, 4) is 0 Å². The fraction of sp³-hybridized carbons (Fsp3) is 0.250. The number of nitrogens with one attached hydrogen (secondary N) is 1. The maximum Gasteiger partial charge on any atom is 0.123 e. The highest BCUT2D eigenvalue weighted by molar-refractivity contribution is 6.31. The zero-order valence-corrected chi connectivity index (χ0v) is 12.7. The van der Waals surface area contributed by atoms with Gasteiger partial charge in [0.2, 0.25) is 0 Å². The topological polar surface area (TPSA) is 12.0 Å². The van der Waals surface area contributed by atoms with E-state index in [0.29, 0.717) is 17.4 Å². The van der Waals surface area contributed by atoms with E-state index in [4.69, 9.17) is 23.2 Å². The van der Waals surface area contributed by atoms with E-state index in [9.17, 15) is 4.39 Å². The fourth-order valence-corrected chi connectivity index (χ4v) is 2.43. The largest absolute Gasteiger partial charge is 0.302 e. The molecule has 4 heteroatoms. The van der Waals surface area contributed by atoms with Gasteiger partial charge in [0.05, 0.1) is 5.54 Å². The van der Waals surface area contributed by atoms with Crippen LogP contribution in [0.2, 0.25) is 5.02 Å². The smallest absolute Gasteiger partial charge is 0.123 e. The molecule has 0 bridgehead atoms. The lowest BCUT2D eigenvalue weighted by atomic mass is 9.94. The third-order valence-electron chi connectivity index (χ3n) is 3.35. The van der Waals surface area contributed by atoms with Crippen LogP contribution in [0.4, 0.5) is 4.39 Å². The number of halogens is 3. The van der Waals surface area contributed by atoms with Crippen LogP contribution in [0.1, 0.15) is 18.1 Å².